The van der Waals surface area contributed by atoms with Crippen LogP contribution in [0.1, 0.15) is 11.3 Å². The van der Waals surface area contributed by atoms with E-state index in [9.17, 15) is 5.11 Å². The lowest BCUT2D eigenvalue weighted by Crippen LogP contribution is -2.18. The predicted octanol–water partition coefficient (Wildman–Crippen LogP) is 2.82. The summed E-state index contributed by atoms with van der Waals surface area (Å²) in [5, 5.41) is 12.6. The first kappa shape index (κ1) is 13.0. The molecule has 2 aromatic heterocycles. The Morgan fingerprint density at radius 3 is 2.90 bits per heavy atom. The lowest BCUT2D eigenvalue weighted by Gasteiger charge is -2.18. The molecule has 0 amide bonds. The fourth-order valence-corrected chi connectivity index (χ4v) is 2.75. The summed E-state index contributed by atoms with van der Waals surface area (Å²) in [7, 11) is 1.98. The first-order valence-corrected chi connectivity index (χ1v) is 7.30. The van der Waals surface area contributed by atoms with Crippen LogP contribution in [-0.2, 0) is 13.2 Å². The molecule has 0 bridgehead atoms. The SMILES string of the molecule is CN(Cc1cscn1)c1cc(CO)c2ccccc2n1. The zero-order valence-corrected chi connectivity index (χ0v) is 12.0. The fraction of sp³-hybridized carbons (Fsp3) is 0.200. The third-order valence-corrected chi connectivity index (χ3v) is 3.87. The van der Waals surface area contributed by atoms with Crippen LogP contribution in [0.5, 0.6) is 0 Å². The summed E-state index contributed by atoms with van der Waals surface area (Å²) in [5.74, 6) is 0.848. The monoisotopic (exact) mass is 285 g/mol. The highest BCUT2D eigenvalue weighted by Crippen LogP contribution is 2.23. The highest BCUT2D eigenvalue weighted by molar-refractivity contribution is 7.07. The van der Waals surface area contributed by atoms with Crippen molar-refractivity contribution >= 4 is 28.1 Å². The van der Waals surface area contributed by atoms with E-state index in [1.54, 1.807) is 11.3 Å². The van der Waals surface area contributed by atoms with E-state index in [4.69, 9.17) is 0 Å². The Morgan fingerprint density at radius 1 is 1.30 bits per heavy atom. The molecule has 0 aliphatic heterocycles. The van der Waals surface area contributed by atoms with Gasteiger partial charge in [0.2, 0.25) is 0 Å². The van der Waals surface area contributed by atoms with Crippen molar-refractivity contribution in [2.24, 2.45) is 0 Å². The largest absolute Gasteiger partial charge is 0.392 e. The van der Waals surface area contributed by atoms with Crippen molar-refractivity contribution in [3.63, 3.8) is 0 Å². The van der Waals surface area contributed by atoms with Gasteiger partial charge in [0, 0.05) is 17.8 Å². The lowest BCUT2D eigenvalue weighted by molar-refractivity contribution is 0.283. The quantitative estimate of drug-likeness (QED) is 0.801. The van der Waals surface area contributed by atoms with E-state index < -0.39 is 0 Å². The number of para-hydroxylation sites is 1. The molecule has 102 valence electrons. The van der Waals surface area contributed by atoms with Crippen LogP contribution in [0.2, 0.25) is 0 Å². The number of hydrogen-bond acceptors (Lipinski definition) is 5. The Labute approximate surface area is 121 Å². The smallest absolute Gasteiger partial charge is 0.129 e. The predicted molar refractivity (Wildman–Crippen MR) is 81.9 cm³/mol. The van der Waals surface area contributed by atoms with Crippen molar-refractivity contribution < 1.29 is 5.11 Å². The Bertz CT molecular complexity index is 712. The van der Waals surface area contributed by atoms with Gasteiger partial charge in [0.15, 0.2) is 0 Å². The number of aliphatic hydroxyl groups excluding tert-OH is 1. The highest BCUT2D eigenvalue weighted by Gasteiger charge is 2.09. The van der Waals surface area contributed by atoms with Crippen LogP contribution < -0.4 is 4.90 Å². The molecular weight excluding hydrogens is 270 g/mol. The number of aromatic nitrogens is 2. The van der Waals surface area contributed by atoms with Crippen LogP contribution in [0, 0.1) is 0 Å². The summed E-state index contributed by atoms with van der Waals surface area (Å²) in [4.78, 5) is 11.0. The second kappa shape index (κ2) is 5.56. The first-order valence-electron chi connectivity index (χ1n) is 6.35. The van der Waals surface area contributed by atoms with Gasteiger partial charge >= 0.3 is 0 Å². The van der Waals surface area contributed by atoms with E-state index in [0.29, 0.717) is 6.54 Å². The Morgan fingerprint density at radius 2 is 2.15 bits per heavy atom. The number of rotatable bonds is 4. The number of benzene rings is 1. The minimum absolute atomic E-state index is 0.0145. The summed E-state index contributed by atoms with van der Waals surface area (Å²) in [6, 6.07) is 9.81. The summed E-state index contributed by atoms with van der Waals surface area (Å²) in [6.45, 7) is 0.723. The Kier molecular flexibility index (Phi) is 3.62. The Hall–Kier alpha value is -1.98. The average Bonchev–Trinajstić information content (AvgIpc) is 2.99. The topological polar surface area (TPSA) is 49.2 Å². The van der Waals surface area contributed by atoms with Crippen molar-refractivity contribution in [2.45, 2.75) is 13.2 Å². The maximum absolute atomic E-state index is 9.54. The van der Waals surface area contributed by atoms with Crippen molar-refractivity contribution in [2.75, 3.05) is 11.9 Å². The van der Waals surface area contributed by atoms with E-state index in [1.165, 1.54) is 0 Å². The molecule has 0 saturated heterocycles. The van der Waals surface area contributed by atoms with E-state index >= 15 is 0 Å². The van der Waals surface area contributed by atoms with Crippen molar-refractivity contribution in [3.8, 4) is 0 Å². The summed E-state index contributed by atoms with van der Waals surface area (Å²) < 4.78 is 0. The summed E-state index contributed by atoms with van der Waals surface area (Å²) >= 11 is 1.59. The maximum atomic E-state index is 9.54. The fourth-order valence-electron chi connectivity index (χ4n) is 2.20. The molecule has 0 radical (unpaired) electrons. The van der Waals surface area contributed by atoms with Crippen molar-refractivity contribution in [1.29, 1.82) is 0 Å². The standard InChI is InChI=1S/C15H15N3OS/c1-18(7-12-9-20-10-16-12)15-6-11(8-19)13-4-2-3-5-14(13)17-15/h2-6,9-10,19H,7-8H2,1H3. The van der Waals surface area contributed by atoms with Crippen LogP contribution in [-0.4, -0.2) is 22.1 Å². The molecule has 0 aliphatic rings. The molecule has 4 nitrogen and oxygen atoms in total. The number of fused-ring (bicyclic) bond motifs is 1. The molecule has 0 fully saturated rings. The van der Waals surface area contributed by atoms with Gasteiger partial charge < -0.3 is 10.0 Å². The summed E-state index contributed by atoms with van der Waals surface area (Å²) in [6.07, 6.45) is 0. The molecule has 0 aliphatic carbocycles. The number of hydrogen-bond donors (Lipinski definition) is 1. The zero-order chi connectivity index (χ0) is 13.9. The van der Waals surface area contributed by atoms with Gasteiger partial charge in [-0.3, -0.25) is 0 Å². The first-order chi connectivity index (χ1) is 9.78. The Balaban J connectivity index is 1.98. The minimum Gasteiger partial charge on any atom is -0.392 e. The molecule has 2 heterocycles. The van der Waals surface area contributed by atoms with Crippen molar-refractivity contribution in [1.82, 2.24) is 9.97 Å². The molecule has 0 unspecified atom stereocenters. The molecule has 1 N–H and O–H groups in total. The number of nitrogens with zero attached hydrogens (tertiary/aromatic N) is 3. The summed E-state index contributed by atoms with van der Waals surface area (Å²) in [5.41, 5.74) is 4.66. The second-order valence-corrected chi connectivity index (χ2v) is 5.37. The van der Waals surface area contributed by atoms with Crippen LogP contribution in [0.4, 0.5) is 5.82 Å². The van der Waals surface area contributed by atoms with E-state index in [0.717, 1.165) is 28.0 Å². The normalized spacial score (nSPS) is 10.9. The maximum Gasteiger partial charge on any atom is 0.129 e. The van der Waals surface area contributed by atoms with Gasteiger partial charge in [0.25, 0.3) is 0 Å². The van der Waals surface area contributed by atoms with E-state index in [1.807, 2.05) is 53.2 Å². The van der Waals surface area contributed by atoms with Gasteiger partial charge in [-0.15, -0.1) is 11.3 Å². The molecule has 3 rings (SSSR count). The molecule has 0 saturated carbocycles. The van der Waals surface area contributed by atoms with Gasteiger partial charge in [-0.25, -0.2) is 9.97 Å². The van der Waals surface area contributed by atoms with Crippen molar-refractivity contribution in [3.05, 3.63) is 52.5 Å². The molecular formula is C15H15N3OS. The lowest BCUT2D eigenvalue weighted by atomic mass is 10.1. The van der Waals surface area contributed by atoms with Crippen LogP contribution in [0.15, 0.2) is 41.2 Å². The van der Waals surface area contributed by atoms with Gasteiger partial charge in [0.05, 0.1) is 29.9 Å². The average molecular weight is 285 g/mol. The van der Waals surface area contributed by atoms with Gasteiger partial charge in [0.1, 0.15) is 5.82 Å². The van der Waals surface area contributed by atoms with E-state index in [-0.39, 0.29) is 6.61 Å². The number of thiazole rings is 1. The van der Waals surface area contributed by atoms with Crippen LogP contribution in [0.25, 0.3) is 10.9 Å². The highest BCUT2D eigenvalue weighted by atomic mass is 32.1. The number of anilines is 1. The van der Waals surface area contributed by atoms with E-state index in [2.05, 4.69) is 9.97 Å². The molecule has 3 aromatic rings. The minimum atomic E-state index is 0.0145. The van der Waals surface area contributed by atoms with Crippen LogP contribution in [0.3, 0.4) is 0 Å². The number of aliphatic hydroxyl groups is 1. The van der Waals surface area contributed by atoms with Gasteiger partial charge in [-0.2, -0.15) is 0 Å². The zero-order valence-electron chi connectivity index (χ0n) is 11.2. The number of pyridine rings is 1. The molecule has 1 aromatic carbocycles. The van der Waals surface area contributed by atoms with Gasteiger partial charge in [-0.05, 0) is 17.7 Å². The molecule has 0 atom stereocenters. The second-order valence-electron chi connectivity index (χ2n) is 4.65. The third kappa shape index (κ3) is 2.50. The molecule has 20 heavy (non-hydrogen) atoms. The third-order valence-electron chi connectivity index (χ3n) is 3.23. The molecule has 0 spiro atoms. The van der Waals surface area contributed by atoms with Crippen LogP contribution >= 0.6 is 11.3 Å². The van der Waals surface area contributed by atoms with Gasteiger partial charge in [-0.1, -0.05) is 18.2 Å². The molecule has 5 heteroatoms.